The van der Waals surface area contributed by atoms with E-state index in [4.69, 9.17) is 8.94 Å². The molecule has 0 saturated carbocycles. The van der Waals surface area contributed by atoms with Crippen molar-refractivity contribution in [3.8, 4) is 0 Å². The number of furan rings is 1. The van der Waals surface area contributed by atoms with Crippen molar-refractivity contribution in [3.63, 3.8) is 0 Å². The highest BCUT2D eigenvalue weighted by Gasteiger charge is 2.32. The lowest BCUT2D eigenvalue weighted by Crippen LogP contribution is -2.32. The van der Waals surface area contributed by atoms with Crippen molar-refractivity contribution < 1.29 is 22.1 Å². The van der Waals surface area contributed by atoms with Gasteiger partial charge in [0.15, 0.2) is 5.82 Å². The summed E-state index contributed by atoms with van der Waals surface area (Å²) in [6.07, 6.45) is -1.61. The number of hydrogen-bond acceptors (Lipinski definition) is 5. The monoisotopic (exact) mass is 343 g/mol. The van der Waals surface area contributed by atoms with Crippen LogP contribution in [0.4, 0.5) is 13.2 Å². The van der Waals surface area contributed by atoms with Crippen LogP contribution in [0, 0.1) is 0 Å². The zero-order valence-electron chi connectivity index (χ0n) is 13.5. The third-order valence-electron chi connectivity index (χ3n) is 4.18. The van der Waals surface area contributed by atoms with Crippen molar-refractivity contribution in [3.05, 3.63) is 35.4 Å². The van der Waals surface area contributed by atoms with Crippen molar-refractivity contribution in [1.82, 2.24) is 15.0 Å². The van der Waals surface area contributed by atoms with Gasteiger partial charge in [0.05, 0.1) is 12.6 Å². The highest BCUT2D eigenvalue weighted by atomic mass is 19.4. The van der Waals surface area contributed by atoms with Crippen LogP contribution in [0.2, 0.25) is 0 Å². The molecule has 0 spiro atoms. The van der Waals surface area contributed by atoms with Gasteiger partial charge in [-0.05, 0) is 31.5 Å². The minimum absolute atomic E-state index is 0.0945. The predicted molar refractivity (Wildman–Crippen MR) is 79.1 cm³/mol. The van der Waals surface area contributed by atoms with E-state index in [1.807, 2.05) is 19.1 Å². The van der Waals surface area contributed by atoms with E-state index in [2.05, 4.69) is 15.0 Å². The van der Waals surface area contributed by atoms with E-state index in [-0.39, 0.29) is 17.8 Å². The van der Waals surface area contributed by atoms with Crippen LogP contribution in [0.5, 0.6) is 0 Å². The molecule has 1 fully saturated rings. The van der Waals surface area contributed by atoms with Crippen LogP contribution in [0.15, 0.2) is 21.1 Å². The molecule has 0 aromatic carbocycles. The Labute approximate surface area is 137 Å². The van der Waals surface area contributed by atoms with Gasteiger partial charge in [-0.15, -0.1) is 0 Å². The maximum Gasteiger partial charge on any atom is 0.396 e. The van der Waals surface area contributed by atoms with Crippen LogP contribution >= 0.6 is 0 Å². The van der Waals surface area contributed by atoms with Gasteiger partial charge >= 0.3 is 6.18 Å². The summed E-state index contributed by atoms with van der Waals surface area (Å²) in [7, 11) is 0. The van der Waals surface area contributed by atoms with Gasteiger partial charge in [0.2, 0.25) is 5.89 Å². The fraction of sp³-hybridized carbons (Fsp3) is 0.625. The molecule has 3 heterocycles. The molecule has 0 bridgehead atoms. The van der Waals surface area contributed by atoms with Crippen LogP contribution in [0.1, 0.15) is 55.5 Å². The molecule has 1 aliphatic rings. The first kappa shape index (κ1) is 17.0. The van der Waals surface area contributed by atoms with Crippen LogP contribution in [0.3, 0.4) is 0 Å². The number of aromatic nitrogens is 2. The fourth-order valence-electron chi connectivity index (χ4n) is 3.05. The van der Waals surface area contributed by atoms with Gasteiger partial charge in [0.1, 0.15) is 17.9 Å². The molecule has 2 aromatic rings. The molecule has 0 aliphatic carbocycles. The summed E-state index contributed by atoms with van der Waals surface area (Å²) in [6, 6.07) is 4.04. The fourth-order valence-corrected chi connectivity index (χ4v) is 3.05. The Morgan fingerprint density at radius 3 is 2.83 bits per heavy atom. The maximum absolute atomic E-state index is 12.4. The van der Waals surface area contributed by atoms with Crippen molar-refractivity contribution in [2.75, 3.05) is 6.54 Å². The zero-order chi connectivity index (χ0) is 17.2. The molecule has 2 aromatic heterocycles. The molecule has 1 unspecified atom stereocenters. The van der Waals surface area contributed by atoms with Gasteiger partial charge in [-0.1, -0.05) is 18.5 Å². The topological polar surface area (TPSA) is 55.3 Å². The molecule has 3 rings (SSSR count). The van der Waals surface area contributed by atoms with Crippen LogP contribution < -0.4 is 0 Å². The second-order valence-electron chi connectivity index (χ2n) is 6.04. The Morgan fingerprint density at radius 2 is 2.12 bits per heavy atom. The quantitative estimate of drug-likeness (QED) is 0.819. The number of likely N-dealkylation sites (tertiary alicyclic amines) is 1. The Bertz CT molecular complexity index is 666. The molecular weight excluding hydrogens is 323 g/mol. The summed E-state index contributed by atoms with van der Waals surface area (Å²) < 4.78 is 48.0. The van der Waals surface area contributed by atoms with Crippen molar-refractivity contribution >= 4 is 0 Å². The van der Waals surface area contributed by atoms with Crippen LogP contribution in [-0.4, -0.2) is 27.8 Å². The molecule has 132 valence electrons. The van der Waals surface area contributed by atoms with Crippen molar-refractivity contribution in [1.29, 1.82) is 0 Å². The van der Waals surface area contributed by atoms with E-state index in [9.17, 15) is 13.2 Å². The number of rotatable bonds is 5. The highest BCUT2D eigenvalue weighted by molar-refractivity contribution is 5.12. The van der Waals surface area contributed by atoms with Gasteiger partial charge in [-0.2, -0.15) is 18.2 Å². The average molecular weight is 343 g/mol. The highest BCUT2D eigenvalue weighted by Crippen LogP contribution is 2.33. The maximum atomic E-state index is 12.4. The largest absolute Gasteiger partial charge is 0.464 e. The average Bonchev–Trinajstić information content (AvgIpc) is 3.15. The van der Waals surface area contributed by atoms with Crippen LogP contribution in [-0.2, 0) is 19.4 Å². The van der Waals surface area contributed by atoms with E-state index < -0.39 is 12.6 Å². The molecule has 0 amide bonds. The van der Waals surface area contributed by atoms with E-state index in [0.717, 1.165) is 43.7 Å². The molecule has 24 heavy (non-hydrogen) atoms. The smallest absolute Gasteiger partial charge is 0.396 e. The van der Waals surface area contributed by atoms with E-state index in [1.165, 1.54) is 0 Å². The third kappa shape index (κ3) is 4.17. The Morgan fingerprint density at radius 1 is 1.29 bits per heavy atom. The minimum Gasteiger partial charge on any atom is -0.464 e. The minimum atomic E-state index is -4.33. The molecule has 8 heteroatoms. The van der Waals surface area contributed by atoms with E-state index in [1.54, 1.807) is 0 Å². The van der Waals surface area contributed by atoms with E-state index >= 15 is 0 Å². The Balaban J connectivity index is 1.70. The molecule has 0 radical (unpaired) electrons. The van der Waals surface area contributed by atoms with Gasteiger partial charge in [-0.25, -0.2) is 0 Å². The number of piperidine rings is 1. The molecule has 1 atom stereocenters. The van der Waals surface area contributed by atoms with Gasteiger partial charge in [-0.3, -0.25) is 4.90 Å². The number of halogens is 3. The van der Waals surface area contributed by atoms with Crippen molar-refractivity contribution in [2.45, 2.75) is 57.8 Å². The van der Waals surface area contributed by atoms with Gasteiger partial charge < -0.3 is 8.94 Å². The molecule has 1 aliphatic heterocycles. The SMILES string of the molecule is CCc1ccc(C2CCCCN2Cc2nc(CC(F)(F)F)no2)o1. The number of hydrogen-bond donors (Lipinski definition) is 0. The first-order valence-corrected chi connectivity index (χ1v) is 8.15. The first-order chi connectivity index (χ1) is 11.4. The molecular formula is C16H20F3N3O2. The lowest BCUT2D eigenvalue weighted by Gasteiger charge is -2.33. The van der Waals surface area contributed by atoms with Crippen molar-refractivity contribution in [2.24, 2.45) is 0 Å². The lowest BCUT2D eigenvalue weighted by atomic mass is 10.00. The molecule has 1 saturated heterocycles. The summed E-state index contributed by atoms with van der Waals surface area (Å²) in [6.45, 7) is 3.18. The predicted octanol–water partition coefficient (Wildman–Crippen LogP) is 4.06. The molecule has 5 nitrogen and oxygen atoms in total. The Kier molecular flexibility index (Phi) is 4.93. The molecule has 0 N–H and O–H groups in total. The van der Waals surface area contributed by atoms with Crippen LogP contribution in [0.25, 0.3) is 0 Å². The summed E-state index contributed by atoms with van der Waals surface area (Å²) in [5, 5.41) is 3.43. The van der Waals surface area contributed by atoms with Gasteiger partial charge in [0, 0.05) is 6.42 Å². The van der Waals surface area contributed by atoms with Gasteiger partial charge in [0.25, 0.3) is 0 Å². The first-order valence-electron chi connectivity index (χ1n) is 8.15. The number of alkyl halides is 3. The summed E-state index contributed by atoms with van der Waals surface area (Å²) >= 11 is 0. The second-order valence-corrected chi connectivity index (χ2v) is 6.04. The third-order valence-corrected chi connectivity index (χ3v) is 4.18. The second kappa shape index (κ2) is 6.96. The number of nitrogens with zero attached hydrogens (tertiary/aromatic N) is 3. The summed E-state index contributed by atoms with van der Waals surface area (Å²) in [4.78, 5) is 6.00. The standard InChI is InChI=1S/C16H20F3N3O2/c1-2-11-6-7-13(23-11)12-5-3-4-8-22(12)10-15-20-14(21-24-15)9-16(17,18)19/h6-7,12H,2-5,8-10H2,1H3. The lowest BCUT2D eigenvalue weighted by molar-refractivity contribution is -0.128. The summed E-state index contributed by atoms with van der Waals surface area (Å²) in [5.41, 5.74) is 0. The van der Waals surface area contributed by atoms with E-state index in [0.29, 0.717) is 6.54 Å². The zero-order valence-corrected chi connectivity index (χ0v) is 13.5. The number of aryl methyl sites for hydroxylation is 1. The summed E-state index contributed by atoms with van der Waals surface area (Å²) in [5.74, 6) is 1.71. The Hall–Kier alpha value is -1.83. The normalized spacial score (nSPS) is 19.8.